The maximum absolute atomic E-state index is 11.0. The molecule has 0 saturated carbocycles. The van der Waals surface area contributed by atoms with E-state index >= 15 is 0 Å². The first kappa shape index (κ1) is 13.8. The van der Waals surface area contributed by atoms with Crippen LogP contribution in [0.5, 0.6) is 11.6 Å². The van der Waals surface area contributed by atoms with Gasteiger partial charge in [0.05, 0.1) is 5.56 Å². The first-order chi connectivity index (χ1) is 9.65. The van der Waals surface area contributed by atoms with Crippen LogP contribution in [0.3, 0.4) is 0 Å². The van der Waals surface area contributed by atoms with E-state index in [1.165, 1.54) is 6.33 Å². The highest BCUT2D eigenvalue weighted by Gasteiger charge is 2.11. The lowest BCUT2D eigenvalue weighted by Gasteiger charge is -2.11. The van der Waals surface area contributed by atoms with Crippen LogP contribution in [0.1, 0.15) is 22.8 Å². The average molecular weight is 273 g/mol. The van der Waals surface area contributed by atoms with Gasteiger partial charge in [-0.2, -0.15) is 0 Å². The van der Waals surface area contributed by atoms with Gasteiger partial charge in [-0.25, -0.2) is 15.8 Å². The van der Waals surface area contributed by atoms with Gasteiger partial charge in [0.15, 0.2) is 0 Å². The number of hydrogen-bond donors (Lipinski definition) is 3. The first-order valence-corrected chi connectivity index (χ1v) is 6.04. The first-order valence-electron chi connectivity index (χ1n) is 6.04. The van der Waals surface area contributed by atoms with E-state index in [2.05, 4.69) is 15.4 Å². The Morgan fingerprint density at radius 1 is 1.30 bits per heavy atom. The lowest BCUT2D eigenvalue weighted by atomic mass is 10.2. The molecule has 7 heteroatoms. The predicted molar refractivity (Wildman–Crippen MR) is 74.3 cm³/mol. The lowest BCUT2D eigenvalue weighted by molar-refractivity contribution is 0.100. The van der Waals surface area contributed by atoms with Crippen LogP contribution in [0.15, 0.2) is 30.6 Å². The van der Waals surface area contributed by atoms with Gasteiger partial charge in [0.1, 0.15) is 17.9 Å². The molecule has 0 unspecified atom stereocenters. The number of hydrazine groups is 1. The number of rotatable bonds is 5. The van der Waals surface area contributed by atoms with Crippen molar-refractivity contribution < 1.29 is 9.53 Å². The van der Waals surface area contributed by atoms with Gasteiger partial charge in [-0.05, 0) is 30.7 Å². The fourth-order valence-corrected chi connectivity index (χ4v) is 1.73. The molecule has 1 aromatic carbocycles. The van der Waals surface area contributed by atoms with Gasteiger partial charge in [0.2, 0.25) is 11.8 Å². The number of hydrogen-bond acceptors (Lipinski definition) is 6. The van der Waals surface area contributed by atoms with E-state index in [0.717, 1.165) is 5.56 Å². The quantitative estimate of drug-likeness (QED) is 0.557. The molecule has 0 atom stereocenters. The number of nitrogen functional groups attached to an aromatic ring is 1. The Bertz CT molecular complexity index is 613. The summed E-state index contributed by atoms with van der Waals surface area (Å²) in [5, 5.41) is 0. The van der Waals surface area contributed by atoms with Crippen LogP contribution in [0, 0.1) is 0 Å². The molecular formula is C13H15N5O2. The number of amides is 1. The summed E-state index contributed by atoms with van der Waals surface area (Å²) in [5.74, 6) is 6.40. The van der Waals surface area contributed by atoms with Crippen molar-refractivity contribution in [3.05, 3.63) is 41.7 Å². The molecule has 0 radical (unpaired) electrons. The van der Waals surface area contributed by atoms with Crippen molar-refractivity contribution in [2.24, 2.45) is 11.6 Å². The van der Waals surface area contributed by atoms with Crippen LogP contribution in [0.2, 0.25) is 0 Å². The molecule has 1 heterocycles. The van der Waals surface area contributed by atoms with Crippen molar-refractivity contribution in [3.63, 3.8) is 0 Å². The summed E-state index contributed by atoms with van der Waals surface area (Å²) in [6, 6.07) is 6.48. The Kier molecular flexibility index (Phi) is 4.11. The fourth-order valence-electron chi connectivity index (χ4n) is 1.73. The number of aromatic nitrogens is 2. The van der Waals surface area contributed by atoms with E-state index < -0.39 is 5.91 Å². The Morgan fingerprint density at radius 3 is 2.55 bits per heavy atom. The molecule has 0 aliphatic carbocycles. The number of carbonyl (C=O) groups excluding carboxylic acids is 1. The molecule has 0 aliphatic rings. The number of anilines is 1. The third-order valence-electron chi connectivity index (χ3n) is 2.75. The summed E-state index contributed by atoms with van der Waals surface area (Å²) < 4.78 is 5.68. The zero-order valence-corrected chi connectivity index (χ0v) is 11.0. The number of carbonyl (C=O) groups is 1. The van der Waals surface area contributed by atoms with Gasteiger partial charge < -0.3 is 15.9 Å². The molecule has 0 saturated heterocycles. The summed E-state index contributed by atoms with van der Waals surface area (Å²) in [5.41, 5.74) is 8.87. The van der Waals surface area contributed by atoms with Gasteiger partial charge >= 0.3 is 0 Å². The van der Waals surface area contributed by atoms with Crippen LogP contribution in [-0.4, -0.2) is 15.9 Å². The summed E-state index contributed by atoms with van der Waals surface area (Å²) in [6.45, 7) is 1.95. The number of primary amides is 1. The Labute approximate surface area is 115 Å². The van der Waals surface area contributed by atoms with Crippen molar-refractivity contribution in [1.82, 2.24) is 9.97 Å². The lowest BCUT2D eigenvalue weighted by Crippen LogP contribution is -2.12. The largest absolute Gasteiger partial charge is 0.439 e. The molecule has 20 heavy (non-hydrogen) atoms. The fraction of sp³-hybridized carbons (Fsp3) is 0.154. The normalized spacial score (nSPS) is 10.1. The number of nitrogens with one attached hydrogen (secondary N) is 1. The van der Waals surface area contributed by atoms with E-state index in [1.807, 2.05) is 6.92 Å². The third kappa shape index (κ3) is 2.83. The molecule has 7 nitrogen and oxygen atoms in total. The molecule has 0 spiro atoms. The molecule has 104 valence electrons. The molecule has 0 aliphatic heterocycles. The summed E-state index contributed by atoms with van der Waals surface area (Å²) in [7, 11) is 0. The van der Waals surface area contributed by atoms with E-state index in [0.29, 0.717) is 29.4 Å². The molecule has 2 aromatic rings. The van der Waals surface area contributed by atoms with Crippen molar-refractivity contribution in [1.29, 1.82) is 0 Å². The summed E-state index contributed by atoms with van der Waals surface area (Å²) in [4.78, 5) is 19.1. The molecule has 0 fully saturated rings. The number of nitrogens with two attached hydrogens (primary N) is 2. The highest BCUT2D eigenvalue weighted by molar-refractivity contribution is 5.92. The van der Waals surface area contributed by atoms with Crippen molar-refractivity contribution in [2.75, 3.05) is 5.43 Å². The smallest absolute Gasteiger partial charge is 0.248 e. The second kappa shape index (κ2) is 5.98. The summed E-state index contributed by atoms with van der Waals surface area (Å²) in [6.07, 6.45) is 2.02. The minimum Gasteiger partial charge on any atom is -0.439 e. The SMILES string of the molecule is CCc1c(NN)ncnc1Oc1ccc(C(N)=O)cc1. The minimum absolute atomic E-state index is 0.417. The van der Waals surface area contributed by atoms with Crippen molar-refractivity contribution in [2.45, 2.75) is 13.3 Å². The van der Waals surface area contributed by atoms with Gasteiger partial charge in [-0.3, -0.25) is 4.79 Å². The topological polar surface area (TPSA) is 116 Å². The van der Waals surface area contributed by atoms with Crippen LogP contribution >= 0.6 is 0 Å². The van der Waals surface area contributed by atoms with Crippen LogP contribution < -0.4 is 21.7 Å². The molecule has 0 bridgehead atoms. The van der Waals surface area contributed by atoms with Gasteiger partial charge in [0, 0.05) is 5.56 Å². The minimum atomic E-state index is -0.484. The zero-order valence-electron chi connectivity index (χ0n) is 11.0. The maximum Gasteiger partial charge on any atom is 0.248 e. The number of nitrogens with zero attached hydrogens (tertiary/aromatic N) is 2. The van der Waals surface area contributed by atoms with Crippen LogP contribution in [0.25, 0.3) is 0 Å². The number of ether oxygens (including phenoxy) is 1. The van der Waals surface area contributed by atoms with Crippen molar-refractivity contribution in [3.8, 4) is 11.6 Å². The van der Waals surface area contributed by atoms with E-state index in [9.17, 15) is 4.79 Å². The average Bonchev–Trinajstić information content (AvgIpc) is 2.47. The molecule has 1 amide bonds. The third-order valence-corrected chi connectivity index (χ3v) is 2.75. The van der Waals surface area contributed by atoms with Crippen LogP contribution in [0.4, 0.5) is 5.82 Å². The van der Waals surface area contributed by atoms with Gasteiger partial charge in [-0.1, -0.05) is 6.92 Å². The van der Waals surface area contributed by atoms with E-state index in [1.54, 1.807) is 24.3 Å². The van der Waals surface area contributed by atoms with Crippen molar-refractivity contribution >= 4 is 11.7 Å². The predicted octanol–water partition coefficient (Wildman–Crippen LogP) is 1.22. The van der Waals surface area contributed by atoms with Gasteiger partial charge in [0.25, 0.3) is 0 Å². The summed E-state index contributed by atoms with van der Waals surface area (Å²) >= 11 is 0. The Morgan fingerprint density at radius 2 is 2.00 bits per heavy atom. The maximum atomic E-state index is 11.0. The molecule has 2 rings (SSSR count). The second-order valence-electron chi connectivity index (χ2n) is 3.99. The van der Waals surface area contributed by atoms with Crippen LogP contribution in [-0.2, 0) is 6.42 Å². The zero-order chi connectivity index (χ0) is 14.5. The molecule has 1 aromatic heterocycles. The molecular weight excluding hydrogens is 258 g/mol. The second-order valence-corrected chi connectivity index (χ2v) is 3.99. The van der Waals surface area contributed by atoms with Gasteiger partial charge in [-0.15, -0.1) is 0 Å². The monoisotopic (exact) mass is 273 g/mol. The number of benzene rings is 1. The van der Waals surface area contributed by atoms with E-state index in [4.69, 9.17) is 16.3 Å². The standard InChI is InChI=1S/C13H15N5O2/c1-2-10-12(18-15)16-7-17-13(10)20-9-5-3-8(4-6-9)11(14)19/h3-7H,2,15H2,1H3,(H2,14,19)(H,16,17,18). The highest BCUT2D eigenvalue weighted by atomic mass is 16.5. The van der Waals surface area contributed by atoms with E-state index in [-0.39, 0.29) is 0 Å². The molecule has 5 N–H and O–H groups in total. The Balaban J connectivity index is 2.27. The highest BCUT2D eigenvalue weighted by Crippen LogP contribution is 2.27. The Hall–Kier alpha value is -2.67.